The van der Waals surface area contributed by atoms with Gasteiger partial charge in [0.05, 0.1) is 0 Å². The minimum absolute atomic E-state index is 0.208. The second kappa shape index (κ2) is 3.59. The Hall–Kier alpha value is -0.410. The van der Waals surface area contributed by atoms with Crippen molar-refractivity contribution >= 4 is 6.21 Å². The van der Waals surface area contributed by atoms with Crippen molar-refractivity contribution in [3.05, 3.63) is 0 Å². The van der Waals surface area contributed by atoms with E-state index >= 15 is 0 Å². The van der Waals surface area contributed by atoms with Gasteiger partial charge in [0.15, 0.2) is 0 Å². The SMILES string of the molecule is N=CCON. The zero-order valence-corrected chi connectivity index (χ0v) is 2.77. The van der Waals surface area contributed by atoms with Crippen molar-refractivity contribution in [1.29, 1.82) is 5.41 Å². The van der Waals surface area contributed by atoms with Crippen LogP contribution >= 0.6 is 0 Å². The van der Waals surface area contributed by atoms with Crippen LogP contribution in [0.5, 0.6) is 0 Å². The summed E-state index contributed by atoms with van der Waals surface area (Å²) in [4.78, 5) is 3.95. The van der Waals surface area contributed by atoms with E-state index in [9.17, 15) is 0 Å². The van der Waals surface area contributed by atoms with E-state index in [1.54, 1.807) is 0 Å². The molecule has 0 rings (SSSR count). The summed E-state index contributed by atoms with van der Waals surface area (Å²) in [5.74, 6) is 4.49. The van der Waals surface area contributed by atoms with E-state index in [-0.39, 0.29) is 6.61 Å². The lowest BCUT2D eigenvalue weighted by atomic mass is 10.8. The van der Waals surface area contributed by atoms with Crippen LogP contribution in [-0.4, -0.2) is 12.8 Å². The van der Waals surface area contributed by atoms with Gasteiger partial charge < -0.3 is 5.41 Å². The maximum absolute atomic E-state index is 6.27. The molecule has 0 aromatic heterocycles. The van der Waals surface area contributed by atoms with E-state index in [0.29, 0.717) is 0 Å². The molecule has 0 fully saturated rings. The number of nitrogens with one attached hydrogen (secondary N) is 1. The molecule has 3 N–H and O–H groups in total. The van der Waals surface area contributed by atoms with Gasteiger partial charge in [-0.3, -0.25) is 4.84 Å². The summed E-state index contributed by atoms with van der Waals surface area (Å²) >= 11 is 0. The van der Waals surface area contributed by atoms with E-state index in [0.717, 1.165) is 6.21 Å². The van der Waals surface area contributed by atoms with Gasteiger partial charge in [0.25, 0.3) is 0 Å². The van der Waals surface area contributed by atoms with Crippen LogP contribution in [0.25, 0.3) is 0 Å². The molecule has 3 nitrogen and oxygen atoms in total. The molecule has 30 valence electrons. The Morgan fingerprint density at radius 1 is 2.00 bits per heavy atom. The molecule has 0 saturated heterocycles. The molecular weight excluding hydrogens is 68.0 g/mol. The van der Waals surface area contributed by atoms with Crippen LogP contribution in [0.4, 0.5) is 0 Å². The van der Waals surface area contributed by atoms with E-state index in [1.165, 1.54) is 0 Å². The molecule has 0 amide bonds. The number of hydrogen-bond acceptors (Lipinski definition) is 3. The molecule has 0 atom stereocenters. The van der Waals surface area contributed by atoms with Gasteiger partial charge in [0, 0.05) is 6.21 Å². The fourth-order valence-corrected chi connectivity index (χ4v) is 0.0481. The van der Waals surface area contributed by atoms with Crippen molar-refractivity contribution in [2.24, 2.45) is 5.90 Å². The van der Waals surface area contributed by atoms with Gasteiger partial charge in [0.2, 0.25) is 0 Å². The van der Waals surface area contributed by atoms with Gasteiger partial charge in [-0.1, -0.05) is 0 Å². The van der Waals surface area contributed by atoms with Crippen LogP contribution in [-0.2, 0) is 4.84 Å². The lowest BCUT2D eigenvalue weighted by molar-refractivity contribution is 0.180. The number of nitrogens with two attached hydrogens (primary N) is 1. The Morgan fingerprint density at radius 3 is 2.60 bits per heavy atom. The molecule has 0 aromatic rings. The first kappa shape index (κ1) is 4.59. The Morgan fingerprint density at radius 2 is 2.60 bits per heavy atom. The summed E-state index contributed by atoms with van der Waals surface area (Å²) in [6, 6.07) is 0. The van der Waals surface area contributed by atoms with E-state index in [2.05, 4.69) is 10.7 Å². The van der Waals surface area contributed by atoms with Gasteiger partial charge in [-0.2, -0.15) is 0 Å². The Balaban J connectivity index is 2.40. The monoisotopic (exact) mass is 74.0 g/mol. The predicted molar refractivity (Wildman–Crippen MR) is 18.9 cm³/mol. The van der Waals surface area contributed by atoms with Gasteiger partial charge in [0.1, 0.15) is 6.61 Å². The molecule has 0 aliphatic rings. The van der Waals surface area contributed by atoms with Crippen LogP contribution in [0.15, 0.2) is 0 Å². The molecule has 0 radical (unpaired) electrons. The summed E-state index contributed by atoms with van der Waals surface area (Å²) in [6.45, 7) is 0.208. The Kier molecular flexibility index (Phi) is 3.30. The van der Waals surface area contributed by atoms with Crippen molar-refractivity contribution in [2.45, 2.75) is 0 Å². The normalized spacial score (nSPS) is 7.40. The highest BCUT2D eigenvalue weighted by Gasteiger charge is 1.60. The third-order valence-electron chi connectivity index (χ3n) is 0.180. The Bertz CT molecular complexity index is 28.8. The van der Waals surface area contributed by atoms with Crippen molar-refractivity contribution in [1.82, 2.24) is 0 Å². The summed E-state index contributed by atoms with van der Waals surface area (Å²) in [6.07, 6.45) is 1.08. The quantitative estimate of drug-likeness (QED) is 0.343. The molecule has 0 aliphatic carbocycles. The third kappa shape index (κ3) is 3.59. The molecule has 0 aromatic carbocycles. The largest absolute Gasteiger partial charge is 0.311 e. The van der Waals surface area contributed by atoms with E-state index in [4.69, 9.17) is 5.41 Å². The van der Waals surface area contributed by atoms with Gasteiger partial charge in [-0.05, 0) is 0 Å². The highest BCUT2D eigenvalue weighted by molar-refractivity contribution is 5.53. The first-order chi connectivity index (χ1) is 2.41. The Labute approximate surface area is 30.2 Å². The fourth-order valence-electron chi connectivity index (χ4n) is 0.0481. The highest BCUT2D eigenvalue weighted by atomic mass is 16.6. The minimum Gasteiger partial charge on any atom is -0.311 e. The van der Waals surface area contributed by atoms with Crippen LogP contribution in [0.3, 0.4) is 0 Å². The zero-order valence-electron chi connectivity index (χ0n) is 2.77. The van der Waals surface area contributed by atoms with Crippen LogP contribution in [0.2, 0.25) is 0 Å². The fraction of sp³-hybridized carbons (Fsp3) is 0.500. The first-order valence-corrected chi connectivity index (χ1v) is 1.22. The summed E-state index contributed by atoms with van der Waals surface area (Å²) in [5.41, 5.74) is 0. The topological polar surface area (TPSA) is 59.1 Å². The van der Waals surface area contributed by atoms with Gasteiger partial charge in [-0.25, -0.2) is 5.90 Å². The zero-order chi connectivity index (χ0) is 4.12. The standard InChI is InChI=1S/C2H6N2O/c3-1-2-5-4/h1,3H,2,4H2. The van der Waals surface area contributed by atoms with Crippen LogP contribution in [0, 0.1) is 5.41 Å². The van der Waals surface area contributed by atoms with Crippen molar-refractivity contribution < 1.29 is 4.84 Å². The average Bonchev–Trinajstić information content (AvgIpc) is 1.41. The van der Waals surface area contributed by atoms with Crippen molar-refractivity contribution in [2.75, 3.05) is 6.61 Å². The third-order valence-corrected chi connectivity index (χ3v) is 0.180. The molecule has 0 heterocycles. The molecule has 0 unspecified atom stereocenters. The van der Waals surface area contributed by atoms with Crippen LogP contribution in [0.1, 0.15) is 0 Å². The number of rotatable bonds is 2. The average molecular weight is 74.1 g/mol. The molecule has 0 spiro atoms. The number of hydrogen-bond donors (Lipinski definition) is 2. The maximum Gasteiger partial charge on any atom is 0.102 e. The van der Waals surface area contributed by atoms with E-state index < -0.39 is 0 Å². The summed E-state index contributed by atoms with van der Waals surface area (Å²) in [5, 5.41) is 6.27. The lowest BCUT2D eigenvalue weighted by Gasteiger charge is -1.78. The second-order valence-electron chi connectivity index (χ2n) is 0.537. The predicted octanol–water partition coefficient (Wildman–Crippen LogP) is -0.474. The smallest absolute Gasteiger partial charge is 0.102 e. The molecule has 0 bridgehead atoms. The van der Waals surface area contributed by atoms with Gasteiger partial charge >= 0.3 is 0 Å². The van der Waals surface area contributed by atoms with Gasteiger partial charge in [-0.15, -0.1) is 0 Å². The minimum atomic E-state index is 0.208. The second-order valence-corrected chi connectivity index (χ2v) is 0.537. The summed E-state index contributed by atoms with van der Waals surface area (Å²) < 4.78 is 0. The van der Waals surface area contributed by atoms with E-state index in [1.807, 2.05) is 0 Å². The lowest BCUT2D eigenvalue weighted by Crippen LogP contribution is -1.99. The molecule has 3 heteroatoms. The van der Waals surface area contributed by atoms with Crippen molar-refractivity contribution in [3.63, 3.8) is 0 Å². The summed E-state index contributed by atoms with van der Waals surface area (Å²) in [7, 11) is 0. The maximum atomic E-state index is 6.27. The molecular formula is C2H6N2O. The molecule has 5 heavy (non-hydrogen) atoms. The van der Waals surface area contributed by atoms with Crippen LogP contribution < -0.4 is 5.90 Å². The molecule has 0 saturated carbocycles. The van der Waals surface area contributed by atoms with Crippen molar-refractivity contribution in [3.8, 4) is 0 Å². The first-order valence-electron chi connectivity index (χ1n) is 1.22. The molecule has 0 aliphatic heterocycles. The highest BCUT2D eigenvalue weighted by Crippen LogP contribution is 1.44.